The van der Waals surface area contributed by atoms with Crippen molar-refractivity contribution < 1.29 is 17.6 Å². The minimum Gasteiger partial charge on any atom is -0.336 e. The van der Waals surface area contributed by atoms with Crippen molar-refractivity contribution >= 4 is 27.5 Å². The van der Waals surface area contributed by atoms with Crippen LogP contribution in [0, 0.1) is 5.82 Å². The second-order valence-corrected chi connectivity index (χ2v) is 9.16. The Balaban J connectivity index is 1.66. The SMILES string of the molecule is C=CCNS(=O)(=O)c1cc(C(=O)N2CCN(Cc3cccc(Cl)c3)CC2)ccc1F. The number of nitrogens with zero attached hydrogens (tertiary/aromatic N) is 2. The van der Waals surface area contributed by atoms with E-state index in [1.54, 1.807) is 4.90 Å². The molecule has 0 bridgehead atoms. The Hall–Kier alpha value is -2.26. The van der Waals surface area contributed by atoms with Gasteiger partial charge in [0.2, 0.25) is 10.0 Å². The van der Waals surface area contributed by atoms with E-state index in [1.165, 1.54) is 12.1 Å². The van der Waals surface area contributed by atoms with Gasteiger partial charge in [-0.1, -0.05) is 29.8 Å². The van der Waals surface area contributed by atoms with Crippen LogP contribution in [0.3, 0.4) is 0 Å². The summed E-state index contributed by atoms with van der Waals surface area (Å²) in [6, 6.07) is 11.0. The Morgan fingerprint density at radius 2 is 1.90 bits per heavy atom. The van der Waals surface area contributed by atoms with E-state index in [1.807, 2.05) is 24.3 Å². The Morgan fingerprint density at radius 3 is 2.57 bits per heavy atom. The summed E-state index contributed by atoms with van der Waals surface area (Å²) in [6.07, 6.45) is 1.35. The molecule has 0 radical (unpaired) electrons. The molecule has 1 amide bonds. The Morgan fingerprint density at radius 1 is 1.17 bits per heavy atom. The van der Waals surface area contributed by atoms with Crippen LogP contribution in [0.2, 0.25) is 5.02 Å². The Bertz CT molecular complexity index is 1040. The number of halogens is 2. The number of hydrogen-bond donors (Lipinski definition) is 1. The first kappa shape index (κ1) is 22.4. The van der Waals surface area contributed by atoms with Gasteiger partial charge in [-0.2, -0.15) is 0 Å². The Labute approximate surface area is 181 Å². The molecule has 2 aromatic carbocycles. The first-order chi connectivity index (χ1) is 14.3. The van der Waals surface area contributed by atoms with Gasteiger partial charge in [-0.15, -0.1) is 6.58 Å². The number of carbonyl (C=O) groups excluding carboxylic acids is 1. The topological polar surface area (TPSA) is 69.7 Å². The van der Waals surface area contributed by atoms with Crippen LogP contribution in [-0.2, 0) is 16.6 Å². The van der Waals surface area contributed by atoms with Crippen molar-refractivity contribution in [1.82, 2.24) is 14.5 Å². The summed E-state index contributed by atoms with van der Waals surface area (Å²) < 4.78 is 40.8. The van der Waals surface area contributed by atoms with Crippen LogP contribution < -0.4 is 4.72 Å². The summed E-state index contributed by atoms with van der Waals surface area (Å²) in [5, 5.41) is 0.686. The molecule has 1 N–H and O–H groups in total. The van der Waals surface area contributed by atoms with E-state index in [0.29, 0.717) is 31.2 Å². The molecule has 0 atom stereocenters. The molecule has 6 nitrogen and oxygen atoms in total. The van der Waals surface area contributed by atoms with Gasteiger partial charge in [0.1, 0.15) is 10.7 Å². The lowest BCUT2D eigenvalue weighted by atomic mass is 10.1. The van der Waals surface area contributed by atoms with Crippen LogP contribution in [-0.4, -0.2) is 56.8 Å². The molecule has 0 aliphatic carbocycles. The molecule has 0 saturated carbocycles. The summed E-state index contributed by atoms with van der Waals surface area (Å²) >= 11 is 6.03. The van der Waals surface area contributed by atoms with Gasteiger partial charge in [-0.05, 0) is 35.9 Å². The van der Waals surface area contributed by atoms with Gasteiger partial charge in [-0.25, -0.2) is 17.5 Å². The van der Waals surface area contributed by atoms with Gasteiger partial charge < -0.3 is 4.90 Å². The molecule has 0 spiro atoms. The molecule has 1 saturated heterocycles. The summed E-state index contributed by atoms with van der Waals surface area (Å²) in [7, 11) is -4.07. The molecule has 1 aliphatic rings. The van der Waals surface area contributed by atoms with E-state index in [2.05, 4.69) is 16.2 Å². The highest BCUT2D eigenvalue weighted by atomic mass is 35.5. The van der Waals surface area contributed by atoms with E-state index >= 15 is 0 Å². The molecule has 1 fully saturated rings. The maximum atomic E-state index is 14.1. The van der Waals surface area contributed by atoms with Crippen molar-refractivity contribution in [2.45, 2.75) is 11.4 Å². The standard InChI is InChI=1S/C21H23ClFN3O3S/c1-2-8-24-30(28,29)20-14-17(6-7-19(20)23)21(27)26-11-9-25(10-12-26)15-16-4-3-5-18(22)13-16/h2-7,13-14,24H,1,8-12,15H2. The van der Waals surface area contributed by atoms with Crippen molar-refractivity contribution in [1.29, 1.82) is 0 Å². The van der Waals surface area contributed by atoms with Gasteiger partial charge in [0, 0.05) is 49.9 Å². The summed E-state index contributed by atoms with van der Waals surface area (Å²) in [5.74, 6) is -1.23. The molecule has 1 aliphatic heterocycles. The number of amides is 1. The zero-order chi connectivity index (χ0) is 21.7. The van der Waals surface area contributed by atoms with Gasteiger partial charge in [0.05, 0.1) is 0 Å². The molecular formula is C21H23ClFN3O3S. The Kier molecular flexibility index (Phi) is 7.25. The first-order valence-electron chi connectivity index (χ1n) is 9.46. The summed E-state index contributed by atoms with van der Waals surface area (Å²) in [4.78, 5) is 16.2. The van der Waals surface area contributed by atoms with Gasteiger partial charge in [0.15, 0.2) is 0 Å². The molecular weight excluding hydrogens is 429 g/mol. The zero-order valence-electron chi connectivity index (χ0n) is 16.4. The van der Waals surface area contributed by atoms with Crippen molar-refractivity contribution in [3.63, 3.8) is 0 Å². The van der Waals surface area contributed by atoms with Crippen molar-refractivity contribution in [3.05, 3.63) is 77.1 Å². The number of rotatable bonds is 7. The predicted octanol–water partition coefficient (Wildman–Crippen LogP) is 2.90. The fourth-order valence-corrected chi connectivity index (χ4v) is 4.59. The maximum absolute atomic E-state index is 14.1. The summed E-state index contributed by atoms with van der Waals surface area (Å²) in [6.45, 7) is 6.46. The lowest BCUT2D eigenvalue weighted by molar-refractivity contribution is 0.0628. The van der Waals surface area contributed by atoms with E-state index in [9.17, 15) is 17.6 Å². The monoisotopic (exact) mass is 451 g/mol. The van der Waals surface area contributed by atoms with E-state index in [0.717, 1.165) is 24.2 Å². The lowest BCUT2D eigenvalue weighted by Gasteiger charge is -2.34. The largest absolute Gasteiger partial charge is 0.336 e. The quantitative estimate of drug-likeness (QED) is 0.657. The second kappa shape index (κ2) is 9.70. The number of piperazine rings is 1. The number of benzene rings is 2. The van der Waals surface area contributed by atoms with Crippen LogP contribution in [0.4, 0.5) is 4.39 Å². The molecule has 3 rings (SSSR count). The highest BCUT2D eigenvalue weighted by Gasteiger charge is 2.25. The fraction of sp³-hybridized carbons (Fsp3) is 0.286. The zero-order valence-corrected chi connectivity index (χ0v) is 17.9. The average molecular weight is 452 g/mol. The van der Waals surface area contributed by atoms with Gasteiger partial charge in [-0.3, -0.25) is 9.69 Å². The smallest absolute Gasteiger partial charge is 0.253 e. The van der Waals surface area contributed by atoms with Crippen LogP contribution in [0.15, 0.2) is 60.0 Å². The average Bonchev–Trinajstić information content (AvgIpc) is 2.72. The van der Waals surface area contributed by atoms with Crippen LogP contribution >= 0.6 is 11.6 Å². The number of carbonyl (C=O) groups is 1. The van der Waals surface area contributed by atoms with Crippen LogP contribution in [0.1, 0.15) is 15.9 Å². The van der Waals surface area contributed by atoms with Crippen molar-refractivity contribution in [2.24, 2.45) is 0 Å². The lowest BCUT2D eigenvalue weighted by Crippen LogP contribution is -2.48. The van der Waals surface area contributed by atoms with E-state index < -0.39 is 20.7 Å². The molecule has 1 heterocycles. The van der Waals surface area contributed by atoms with Crippen LogP contribution in [0.5, 0.6) is 0 Å². The maximum Gasteiger partial charge on any atom is 0.253 e. The van der Waals surface area contributed by atoms with Gasteiger partial charge >= 0.3 is 0 Å². The second-order valence-electron chi connectivity index (χ2n) is 6.98. The van der Waals surface area contributed by atoms with Crippen molar-refractivity contribution in [2.75, 3.05) is 32.7 Å². The summed E-state index contributed by atoms with van der Waals surface area (Å²) in [5.41, 5.74) is 1.24. The normalized spacial score (nSPS) is 15.2. The minimum absolute atomic E-state index is 0.0332. The third-order valence-electron chi connectivity index (χ3n) is 4.84. The third kappa shape index (κ3) is 5.46. The van der Waals surface area contributed by atoms with Crippen molar-refractivity contribution in [3.8, 4) is 0 Å². The fourth-order valence-electron chi connectivity index (χ4n) is 3.27. The highest BCUT2D eigenvalue weighted by molar-refractivity contribution is 7.89. The molecule has 9 heteroatoms. The molecule has 0 aromatic heterocycles. The van der Waals surface area contributed by atoms with Gasteiger partial charge in [0.25, 0.3) is 5.91 Å². The minimum atomic E-state index is -4.07. The molecule has 160 valence electrons. The number of sulfonamides is 1. The number of hydrogen-bond acceptors (Lipinski definition) is 4. The molecule has 0 unspecified atom stereocenters. The van der Waals surface area contributed by atoms with E-state index in [-0.39, 0.29) is 18.0 Å². The predicted molar refractivity (Wildman–Crippen MR) is 114 cm³/mol. The van der Waals surface area contributed by atoms with Crippen LogP contribution in [0.25, 0.3) is 0 Å². The third-order valence-corrected chi connectivity index (χ3v) is 6.51. The highest BCUT2D eigenvalue weighted by Crippen LogP contribution is 2.19. The molecule has 2 aromatic rings. The first-order valence-corrected chi connectivity index (χ1v) is 11.3. The van der Waals surface area contributed by atoms with E-state index in [4.69, 9.17) is 11.6 Å². The number of nitrogens with one attached hydrogen (secondary N) is 1. The molecule has 30 heavy (non-hydrogen) atoms.